The number of morpholine rings is 1. The van der Waals surface area contributed by atoms with Crippen LogP contribution in [0.5, 0.6) is 0 Å². The number of ether oxygens (including phenoxy) is 2. The van der Waals surface area contributed by atoms with Crippen LogP contribution in [0.4, 0.5) is 0 Å². The molecule has 232 valence electrons. The van der Waals surface area contributed by atoms with Crippen LogP contribution in [0.2, 0.25) is 10.0 Å². The Morgan fingerprint density at radius 2 is 1.71 bits per heavy atom. The maximum absolute atomic E-state index is 12.8. The first-order valence-electron chi connectivity index (χ1n) is 14.9. The summed E-state index contributed by atoms with van der Waals surface area (Å²) in [6, 6.07) is 15.9. The molecule has 8 nitrogen and oxygen atoms in total. The Morgan fingerprint density at radius 1 is 1.05 bits per heavy atom. The molecule has 2 aromatic rings. The molecule has 2 aromatic carbocycles. The van der Waals surface area contributed by atoms with E-state index >= 15 is 0 Å². The van der Waals surface area contributed by atoms with Crippen molar-refractivity contribution in [1.29, 1.82) is 0 Å². The monoisotopic (exact) mass is 639 g/mol. The maximum Gasteiger partial charge on any atom is 0.246 e. The number of rotatable bonds is 14. The number of benzene rings is 2. The molecule has 1 N–H and O–H groups in total. The van der Waals surface area contributed by atoms with E-state index in [-0.39, 0.29) is 40.6 Å². The van der Waals surface area contributed by atoms with Gasteiger partial charge in [0.25, 0.3) is 0 Å². The third kappa shape index (κ3) is 9.39. The minimum absolute atomic E-state index is 0.0625. The summed E-state index contributed by atoms with van der Waals surface area (Å²) in [5, 5.41) is 3.13. The van der Waals surface area contributed by atoms with E-state index < -0.39 is 10.0 Å². The number of carbonyl (C=O) groups excluding carboxylic acids is 1. The third-order valence-electron chi connectivity index (χ3n) is 8.48. The summed E-state index contributed by atoms with van der Waals surface area (Å²) in [7, 11) is -2.45. The SMILES string of the molecule is CN(CCOCC(=O)NCC1CCC(C(CCc2ccccc2)N2CCOCC2)CC1)S(=O)(=O)c1c(Cl)cccc1Cl. The molecular weight excluding hydrogens is 597 g/mol. The number of aryl methyl sites for hydroxylation is 1. The van der Waals surface area contributed by atoms with Crippen molar-refractivity contribution in [2.45, 2.75) is 49.5 Å². The van der Waals surface area contributed by atoms with Gasteiger partial charge in [-0.15, -0.1) is 0 Å². The van der Waals surface area contributed by atoms with Crippen molar-refractivity contribution in [3.8, 4) is 0 Å². The van der Waals surface area contributed by atoms with Gasteiger partial charge in [0, 0.05) is 39.3 Å². The van der Waals surface area contributed by atoms with Crippen LogP contribution >= 0.6 is 23.2 Å². The summed E-state index contributed by atoms with van der Waals surface area (Å²) in [4.78, 5) is 14.9. The molecule has 4 rings (SSSR count). The van der Waals surface area contributed by atoms with E-state index in [2.05, 4.69) is 40.5 Å². The summed E-state index contributed by atoms with van der Waals surface area (Å²) in [6.07, 6.45) is 6.80. The molecule has 1 aliphatic heterocycles. The highest BCUT2D eigenvalue weighted by Gasteiger charge is 2.32. The number of sulfonamides is 1. The highest BCUT2D eigenvalue weighted by atomic mass is 35.5. The van der Waals surface area contributed by atoms with Crippen LogP contribution in [0.15, 0.2) is 53.4 Å². The average molecular weight is 641 g/mol. The molecule has 0 aromatic heterocycles. The second-order valence-corrected chi connectivity index (χ2v) is 14.1. The summed E-state index contributed by atoms with van der Waals surface area (Å²) in [5.41, 5.74) is 1.40. The van der Waals surface area contributed by atoms with Crippen LogP contribution in [0, 0.1) is 11.8 Å². The van der Waals surface area contributed by atoms with Gasteiger partial charge in [0.1, 0.15) is 11.5 Å². The highest BCUT2D eigenvalue weighted by molar-refractivity contribution is 7.89. The number of likely N-dealkylation sites (N-methyl/N-ethyl adjacent to an activating group) is 1. The lowest BCUT2D eigenvalue weighted by molar-refractivity contribution is -0.126. The van der Waals surface area contributed by atoms with Gasteiger partial charge in [0.2, 0.25) is 15.9 Å². The molecule has 11 heteroatoms. The van der Waals surface area contributed by atoms with Crippen LogP contribution in [-0.4, -0.2) is 89.2 Å². The van der Waals surface area contributed by atoms with E-state index in [0.29, 0.717) is 24.4 Å². The Morgan fingerprint density at radius 3 is 2.38 bits per heavy atom. The molecule has 1 aliphatic carbocycles. The minimum atomic E-state index is -3.88. The van der Waals surface area contributed by atoms with E-state index in [1.165, 1.54) is 37.6 Å². The standard InChI is InChI=1S/C31H43Cl2N3O5S/c1-35(42(38,39)31-27(32)8-5-9-28(31)33)16-19-41-23-30(37)34-22-25-10-13-26(14-11-25)29(36-17-20-40-21-18-36)15-12-24-6-3-2-4-7-24/h2-9,25-26,29H,10-23H2,1H3,(H,34,37). The van der Waals surface area contributed by atoms with Gasteiger partial charge >= 0.3 is 0 Å². The lowest BCUT2D eigenvalue weighted by Crippen LogP contribution is -2.48. The molecule has 2 aliphatic rings. The fraction of sp³-hybridized carbons (Fsp3) is 0.581. The van der Waals surface area contributed by atoms with Gasteiger partial charge in [-0.05, 0) is 68.1 Å². The summed E-state index contributed by atoms with van der Waals surface area (Å²) in [5.74, 6) is 0.933. The third-order valence-corrected chi connectivity index (χ3v) is 11.3. The fourth-order valence-corrected chi connectivity index (χ4v) is 8.27. The molecule has 1 unspecified atom stereocenters. The van der Waals surface area contributed by atoms with Gasteiger partial charge in [0.05, 0.1) is 29.9 Å². The van der Waals surface area contributed by atoms with E-state index in [1.54, 1.807) is 6.07 Å². The lowest BCUT2D eigenvalue weighted by Gasteiger charge is -2.42. The summed E-state index contributed by atoms with van der Waals surface area (Å²) in [6.45, 7) is 4.29. The molecule has 0 bridgehead atoms. The number of amides is 1. The van der Waals surface area contributed by atoms with Crippen LogP contribution < -0.4 is 5.32 Å². The molecule has 1 heterocycles. The first-order chi connectivity index (χ1) is 20.3. The largest absolute Gasteiger partial charge is 0.379 e. The van der Waals surface area contributed by atoms with Crippen molar-refractivity contribution in [2.75, 3.05) is 59.7 Å². The number of nitrogens with zero attached hydrogens (tertiary/aromatic N) is 2. The number of hydrogen-bond donors (Lipinski definition) is 1. The number of halogens is 2. The Kier molecular flexibility index (Phi) is 12.9. The van der Waals surface area contributed by atoms with Crippen molar-refractivity contribution in [1.82, 2.24) is 14.5 Å². The lowest BCUT2D eigenvalue weighted by atomic mass is 9.76. The zero-order chi connectivity index (χ0) is 30.0. The number of carbonyl (C=O) groups is 1. The quantitative estimate of drug-likeness (QED) is 0.296. The molecule has 0 radical (unpaired) electrons. The number of nitrogens with one attached hydrogen (secondary N) is 1. The van der Waals surface area contributed by atoms with Crippen molar-refractivity contribution >= 4 is 39.1 Å². The first kappa shape index (κ1) is 33.2. The van der Waals surface area contributed by atoms with Crippen molar-refractivity contribution in [2.24, 2.45) is 11.8 Å². The molecule has 0 spiro atoms. The molecule has 2 fully saturated rings. The normalized spacial score (nSPS) is 20.9. The van der Waals surface area contributed by atoms with Gasteiger partial charge in [-0.25, -0.2) is 8.42 Å². The second kappa shape index (κ2) is 16.4. The van der Waals surface area contributed by atoms with Gasteiger partial charge < -0.3 is 14.8 Å². The molecule has 1 atom stereocenters. The van der Waals surface area contributed by atoms with Gasteiger partial charge in [-0.1, -0.05) is 59.6 Å². The van der Waals surface area contributed by atoms with E-state index in [4.69, 9.17) is 32.7 Å². The zero-order valence-electron chi connectivity index (χ0n) is 24.4. The average Bonchev–Trinajstić information content (AvgIpc) is 2.99. The van der Waals surface area contributed by atoms with Crippen LogP contribution in [0.25, 0.3) is 0 Å². The van der Waals surface area contributed by atoms with Crippen molar-refractivity contribution in [3.63, 3.8) is 0 Å². The summed E-state index contributed by atoms with van der Waals surface area (Å²) < 4.78 is 37.9. The zero-order valence-corrected chi connectivity index (χ0v) is 26.7. The molecule has 1 saturated heterocycles. The Bertz CT molecular complexity index is 1220. The minimum Gasteiger partial charge on any atom is -0.379 e. The van der Waals surface area contributed by atoms with Gasteiger partial charge in [0.15, 0.2) is 0 Å². The Labute approximate surface area is 260 Å². The van der Waals surface area contributed by atoms with Crippen LogP contribution in [0.3, 0.4) is 0 Å². The predicted octanol–water partition coefficient (Wildman–Crippen LogP) is 4.89. The smallest absolute Gasteiger partial charge is 0.246 e. The molecule has 1 saturated carbocycles. The van der Waals surface area contributed by atoms with E-state index in [1.807, 2.05) is 0 Å². The molecule has 42 heavy (non-hydrogen) atoms. The second-order valence-electron chi connectivity index (χ2n) is 11.3. The predicted molar refractivity (Wildman–Crippen MR) is 166 cm³/mol. The highest BCUT2D eigenvalue weighted by Crippen LogP contribution is 2.35. The van der Waals surface area contributed by atoms with Crippen molar-refractivity contribution < 1.29 is 22.7 Å². The van der Waals surface area contributed by atoms with Gasteiger partial charge in [-0.2, -0.15) is 4.31 Å². The maximum atomic E-state index is 12.8. The fourth-order valence-electron chi connectivity index (χ4n) is 6.03. The van der Waals surface area contributed by atoms with Crippen molar-refractivity contribution in [3.05, 3.63) is 64.1 Å². The van der Waals surface area contributed by atoms with Gasteiger partial charge in [-0.3, -0.25) is 9.69 Å². The Hall–Kier alpha value is -1.72. The van der Waals surface area contributed by atoms with E-state index in [9.17, 15) is 13.2 Å². The number of hydrogen-bond acceptors (Lipinski definition) is 6. The van der Waals surface area contributed by atoms with E-state index in [0.717, 1.165) is 56.3 Å². The first-order valence-corrected chi connectivity index (χ1v) is 17.1. The van der Waals surface area contributed by atoms with Crippen LogP contribution in [0.1, 0.15) is 37.7 Å². The Balaban J connectivity index is 1.16. The topological polar surface area (TPSA) is 88.2 Å². The molecular formula is C31H43Cl2N3O5S. The van der Waals surface area contributed by atoms with Crippen LogP contribution in [-0.2, 0) is 30.7 Å². The molecule has 1 amide bonds. The summed E-state index contributed by atoms with van der Waals surface area (Å²) >= 11 is 12.1.